The molecule has 0 aliphatic carbocycles. The molecule has 11 heteroatoms. The number of ether oxygens (including phenoxy) is 2. The fourth-order valence-electron chi connectivity index (χ4n) is 2.61. The van der Waals surface area contributed by atoms with E-state index in [9.17, 15) is 23.1 Å². The first-order valence-corrected chi connectivity index (χ1v) is 10.5. The number of aliphatic hydroxyl groups is 1. The van der Waals surface area contributed by atoms with Gasteiger partial charge in [-0.25, -0.2) is 9.78 Å². The van der Waals surface area contributed by atoms with Gasteiger partial charge in [-0.15, -0.1) is 11.3 Å². The predicted octanol–water partition coefficient (Wildman–Crippen LogP) is 3.32. The van der Waals surface area contributed by atoms with E-state index >= 15 is 0 Å². The van der Waals surface area contributed by atoms with Gasteiger partial charge in [0.05, 0.1) is 19.7 Å². The van der Waals surface area contributed by atoms with Crippen molar-refractivity contribution in [2.75, 3.05) is 33.4 Å². The number of hydrogen-bond donors (Lipinski definition) is 2. The highest BCUT2D eigenvalue weighted by molar-refractivity contribution is 7.09. The summed E-state index contributed by atoms with van der Waals surface area (Å²) >= 11 is 0.822. The van der Waals surface area contributed by atoms with Gasteiger partial charge in [0.25, 0.3) is 0 Å². The number of nitrogens with one attached hydrogen (secondary N) is 1. The Hall–Kier alpha value is -2.37. The van der Waals surface area contributed by atoms with E-state index in [-0.39, 0.29) is 24.7 Å². The van der Waals surface area contributed by atoms with E-state index in [4.69, 9.17) is 9.47 Å². The average molecular weight is 462 g/mol. The highest BCUT2D eigenvalue weighted by Gasteiger charge is 2.33. The predicted molar refractivity (Wildman–Crippen MR) is 110 cm³/mol. The zero-order valence-electron chi connectivity index (χ0n) is 17.3. The van der Waals surface area contributed by atoms with Crippen LogP contribution in [0, 0.1) is 0 Å². The second kappa shape index (κ2) is 11.9. The van der Waals surface area contributed by atoms with Gasteiger partial charge in [0.1, 0.15) is 23.5 Å². The molecular formula is C20H26F3N3O4S. The molecule has 0 bridgehead atoms. The highest BCUT2D eigenvalue weighted by atomic mass is 32.1. The molecule has 172 valence electrons. The Kier molecular flexibility index (Phi) is 9.53. The number of thiazole rings is 1. The summed E-state index contributed by atoms with van der Waals surface area (Å²) in [4.78, 5) is 17.1. The van der Waals surface area contributed by atoms with Crippen LogP contribution in [0.2, 0.25) is 0 Å². The van der Waals surface area contributed by atoms with E-state index in [0.29, 0.717) is 18.9 Å². The number of urea groups is 1. The summed E-state index contributed by atoms with van der Waals surface area (Å²) in [5, 5.41) is 13.8. The van der Waals surface area contributed by atoms with Gasteiger partial charge in [0, 0.05) is 19.0 Å². The Morgan fingerprint density at radius 2 is 2.03 bits per heavy atom. The van der Waals surface area contributed by atoms with Crippen molar-refractivity contribution in [3.05, 3.63) is 45.9 Å². The summed E-state index contributed by atoms with van der Waals surface area (Å²) in [6.07, 6.45) is -4.66. The smallest absolute Gasteiger partial charge is 0.434 e. The number of methoxy groups -OCH3 is 1. The number of aliphatic hydroxyl groups excluding tert-OH is 1. The molecule has 2 rings (SSSR count). The number of nitrogens with zero attached hydrogens (tertiary/aromatic N) is 2. The summed E-state index contributed by atoms with van der Waals surface area (Å²) < 4.78 is 48.4. The molecule has 2 N–H and O–H groups in total. The maximum Gasteiger partial charge on any atom is 0.434 e. The zero-order valence-corrected chi connectivity index (χ0v) is 18.1. The van der Waals surface area contributed by atoms with Crippen LogP contribution < -0.4 is 10.1 Å². The highest BCUT2D eigenvalue weighted by Crippen LogP contribution is 2.29. The van der Waals surface area contributed by atoms with Crippen molar-refractivity contribution in [2.24, 2.45) is 0 Å². The molecule has 31 heavy (non-hydrogen) atoms. The number of amides is 2. The third-order valence-electron chi connectivity index (χ3n) is 4.29. The molecule has 1 heterocycles. The minimum atomic E-state index is -4.51. The van der Waals surface area contributed by atoms with Crippen LogP contribution in [0.25, 0.3) is 0 Å². The topological polar surface area (TPSA) is 83.9 Å². The lowest BCUT2D eigenvalue weighted by molar-refractivity contribution is -0.140. The van der Waals surface area contributed by atoms with E-state index in [0.717, 1.165) is 28.7 Å². The first-order chi connectivity index (χ1) is 14.7. The molecule has 1 aromatic heterocycles. The molecule has 2 aromatic rings. The molecule has 0 spiro atoms. The van der Waals surface area contributed by atoms with Crippen molar-refractivity contribution in [3.63, 3.8) is 0 Å². The molecule has 1 atom stereocenters. The number of carbonyl (C=O) groups is 1. The van der Waals surface area contributed by atoms with Crippen LogP contribution in [0.5, 0.6) is 5.75 Å². The lowest BCUT2D eigenvalue weighted by Gasteiger charge is -2.24. The van der Waals surface area contributed by atoms with Crippen molar-refractivity contribution in [2.45, 2.75) is 32.2 Å². The molecule has 0 saturated heterocycles. The largest absolute Gasteiger partial charge is 0.491 e. The number of alkyl halides is 3. The number of hydrogen-bond acceptors (Lipinski definition) is 6. The minimum absolute atomic E-state index is 0.0113. The second-order valence-corrected chi connectivity index (χ2v) is 7.62. The second-order valence-electron chi connectivity index (χ2n) is 6.67. The molecule has 0 saturated carbocycles. The van der Waals surface area contributed by atoms with Crippen LogP contribution in [-0.2, 0) is 23.9 Å². The van der Waals surface area contributed by atoms with Crippen LogP contribution >= 0.6 is 11.3 Å². The van der Waals surface area contributed by atoms with Gasteiger partial charge in [-0.2, -0.15) is 13.2 Å². The Bertz CT molecular complexity index is 815. The summed E-state index contributed by atoms with van der Waals surface area (Å²) in [5.74, 6) is 0.594. The van der Waals surface area contributed by atoms with Gasteiger partial charge in [-0.1, -0.05) is 12.1 Å². The summed E-state index contributed by atoms with van der Waals surface area (Å²) in [7, 11) is 1.64. The lowest BCUT2D eigenvalue weighted by Crippen LogP contribution is -2.44. The Morgan fingerprint density at radius 3 is 2.61 bits per heavy atom. The molecule has 0 aliphatic heterocycles. The Morgan fingerprint density at radius 1 is 1.32 bits per heavy atom. The zero-order chi connectivity index (χ0) is 22.9. The lowest BCUT2D eigenvalue weighted by atomic mass is 10.1. The minimum Gasteiger partial charge on any atom is -0.491 e. The fourth-order valence-corrected chi connectivity index (χ4v) is 3.35. The molecule has 0 fully saturated rings. The maximum absolute atomic E-state index is 12.6. The van der Waals surface area contributed by atoms with Crippen molar-refractivity contribution < 1.29 is 32.5 Å². The Balaban J connectivity index is 1.77. The first kappa shape index (κ1) is 24.9. The summed E-state index contributed by atoms with van der Waals surface area (Å²) in [6.45, 7) is 2.54. The van der Waals surface area contributed by atoms with Crippen molar-refractivity contribution in [3.8, 4) is 5.75 Å². The van der Waals surface area contributed by atoms with Crippen LogP contribution in [0.4, 0.5) is 18.0 Å². The van der Waals surface area contributed by atoms with Crippen LogP contribution in [0.3, 0.4) is 0 Å². The van der Waals surface area contributed by atoms with Gasteiger partial charge in [0.15, 0.2) is 5.69 Å². The number of benzene rings is 1. The number of aromatic nitrogens is 1. The molecule has 2 amide bonds. The average Bonchev–Trinajstić information content (AvgIpc) is 3.23. The van der Waals surface area contributed by atoms with Crippen molar-refractivity contribution >= 4 is 17.4 Å². The van der Waals surface area contributed by atoms with Gasteiger partial charge in [-0.3, -0.25) is 0 Å². The van der Waals surface area contributed by atoms with Crippen LogP contribution in [0.15, 0.2) is 29.6 Å². The molecule has 7 nitrogen and oxygen atoms in total. The molecule has 1 unspecified atom stereocenters. The standard InChI is InChI=1S/C20H26F3N3O4S/c1-3-26(19(28)24-10-18-25-17(13-31-18)20(21,22)23)11-15(27)12-30-16-6-4-14(5-7-16)8-9-29-2/h4-7,13,15,27H,3,8-12H2,1-2H3,(H,24,28). The summed E-state index contributed by atoms with van der Waals surface area (Å²) in [5.41, 5.74) is 0.125. The van der Waals surface area contributed by atoms with Gasteiger partial charge < -0.3 is 24.8 Å². The summed E-state index contributed by atoms with van der Waals surface area (Å²) in [6, 6.07) is 6.91. The Labute approximate surface area is 182 Å². The van der Waals surface area contributed by atoms with E-state index < -0.39 is 24.0 Å². The van der Waals surface area contributed by atoms with Crippen LogP contribution in [0.1, 0.15) is 23.2 Å². The van der Waals surface area contributed by atoms with Gasteiger partial charge in [0.2, 0.25) is 0 Å². The van der Waals surface area contributed by atoms with Gasteiger partial charge >= 0.3 is 12.2 Å². The van der Waals surface area contributed by atoms with Gasteiger partial charge in [-0.05, 0) is 31.0 Å². The number of likely N-dealkylation sites (N-methyl/N-ethyl adjacent to an activating group) is 1. The quantitative estimate of drug-likeness (QED) is 0.536. The number of halogens is 3. The molecule has 0 aliphatic rings. The SMILES string of the molecule is CCN(CC(O)COc1ccc(CCOC)cc1)C(=O)NCc1nc(C(F)(F)F)cs1. The molecule has 1 aromatic carbocycles. The van der Waals surface area contributed by atoms with Crippen molar-refractivity contribution in [1.82, 2.24) is 15.2 Å². The number of rotatable bonds is 11. The van der Waals surface area contributed by atoms with Crippen molar-refractivity contribution in [1.29, 1.82) is 0 Å². The maximum atomic E-state index is 12.6. The fraction of sp³-hybridized carbons (Fsp3) is 0.500. The van der Waals surface area contributed by atoms with E-state index in [1.54, 1.807) is 26.2 Å². The third-order valence-corrected chi connectivity index (χ3v) is 5.14. The van der Waals surface area contributed by atoms with Crippen LogP contribution in [-0.4, -0.2) is 60.5 Å². The molecular weight excluding hydrogens is 435 g/mol. The first-order valence-electron chi connectivity index (χ1n) is 9.66. The normalized spacial score (nSPS) is 12.5. The van der Waals surface area contributed by atoms with E-state index in [1.165, 1.54) is 4.90 Å². The monoisotopic (exact) mass is 461 g/mol. The molecule has 0 radical (unpaired) electrons. The van der Waals surface area contributed by atoms with E-state index in [2.05, 4.69) is 10.3 Å². The van der Waals surface area contributed by atoms with E-state index in [1.807, 2.05) is 12.1 Å². The number of carbonyl (C=O) groups excluding carboxylic acids is 1. The third kappa shape index (κ3) is 8.35.